The molecule has 17 heavy (non-hydrogen) atoms. The number of ether oxygens (including phenoxy) is 1. The lowest BCUT2D eigenvalue weighted by atomic mass is 10.0. The van der Waals surface area contributed by atoms with Crippen molar-refractivity contribution in [1.82, 2.24) is 9.78 Å². The van der Waals surface area contributed by atoms with Crippen LogP contribution in [0, 0.1) is 13.8 Å². The summed E-state index contributed by atoms with van der Waals surface area (Å²) in [5.74, 6) is 0. The van der Waals surface area contributed by atoms with Crippen molar-refractivity contribution in [3.63, 3.8) is 0 Å². The summed E-state index contributed by atoms with van der Waals surface area (Å²) in [4.78, 5) is 0. The molecule has 0 aliphatic heterocycles. The lowest BCUT2D eigenvalue weighted by molar-refractivity contribution is 0.0670. The van der Waals surface area contributed by atoms with Crippen LogP contribution in [0.25, 0.3) is 0 Å². The second-order valence-corrected chi connectivity index (χ2v) is 4.95. The number of rotatable bonds is 6. The molecule has 0 radical (unpaired) electrons. The monoisotopic (exact) mass is 239 g/mol. The van der Waals surface area contributed by atoms with Gasteiger partial charge in [-0.15, -0.1) is 0 Å². The van der Waals surface area contributed by atoms with Gasteiger partial charge in [0.2, 0.25) is 0 Å². The van der Waals surface area contributed by atoms with E-state index in [1.54, 1.807) is 0 Å². The first kappa shape index (κ1) is 14.2. The highest BCUT2D eigenvalue weighted by Gasteiger charge is 2.11. The molecule has 1 atom stereocenters. The first-order valence-corrected chi connectivity index (χ1v) is 6.28. The molecular formula is C13H25N3O. The van der Waals surface area contributed by atoms with Crippen LogP contribution in [0.3, 0.4) is 0 Å². The van der Waals surface area contributed by atoms with Crippen molar-refractivity contribution in [2.45, 2.75) is 52.7 Å². The molecule has 1 unspecified atom stereocenters. The predicted octanol–water partition coefficient (Wildman–Crippen LogP) is 1.72. The smallest absolute Gasteiger partial charge is 0.0628 e. The molecule has 1 heterocycles. The van der Waals surface area contributed by atoms with Crippen LogP contribution in [0.1, 0.15) is 37.2 Å². The number of aromatic nitrogens is 2. The van der Waals surface area contributed by atoms with Gasteiger partial charge in [0.25, 0.3) is 0 Å². The van der Waals surface area contributed by atoms with E-state index in [2.05, 4.69) is 18.9 Å². The topological polar surface area (TPSA) is 53.1 Å². The maximum Gasteiger partial charge on any atom is 0.0628 e. The summed E-state index contributed by atoms with van der Waals surface area (Å²) in [6, 6.07) is 0.108. The minimum Gasteiger partial charge on any atom is -0.377 e. The van der Waals surface area contributed by atoms with Crippen molar-refractivity contribution in [1.29, 1.82) is 0 Å². The molecule has 4 heteroatoms. The molecule has 0 amide bonds. The van der Waals surface area contributed by atoms with Crippen molar-refractivity contribution in [2.24, 2.45) is 12.8 Å². The van der Waals surface area contributed by atoms with Gasteiger partial charge in [-0.1, -0.05) is 0 Å². The Hall–Kier alpha value is -0.870. The third-order valence-electron chi connectivity index (χ3n) is 3.07. The fourth-order valence-corrected chi connectivity index (χ4v) is 1.91. The fraction of sp³-hybridized carbons (Fsp3) is 0.769. The molecule has 0 aromatic carbocycles. The van der Waals surface area contributed by atoms with Gasteiger partial charge >= 0.3 is 0 Å². The summed E-state index contributed by atoms with van der Waals surface area (Å²) in [5, 5.41) is 4.41. The molecule has 1 aromatic heterocycles. The standard InChI is InChI=1S/C13H25N3O/c1-9(2)17-8-12(14)6-7-13-10(3)15-16(5)11(13)4/h9,12H,6-8,14H2,1-5H3. The second kappa shape index (κ2) is 6.17. The summed E-state index contributed by atoms with van der Waals surface area (Å²) in [6.45, 7) is 8.85. The molecule has 1 aromatic rings. The van der Waals surface area contributed by atoms with E-state index in [0.717, 1.165) is 18.5 Å². The molecule has 0 bridgehead atoms. The van der Waals surface area contributed by atoms with E-state index in [0.29, 0.717) is 6.61 Å². The Morgan fingerprint density at radius 3 is 2.47 bits per heavy atom. The SMILES string of the molecule is Cc1nn(C)c(C)c1CCC(N)COC(C)C. The maximum absolute atomic E-state index is 6.02. The van der Waals surface area contributed by atoms with Crippen LogP contribution in [-0.4, -0.2) is 28.5 Å². The van der Waals surface area contributed by atoms with Crippen LogP contribution in [0.4, 0.5) is 0 Å². The number of nitrogens with two attached hydrogens (primary N) is 1. The van der Waals surface area contributed by atoms with Crippen LogP contribution < -0.4 is 5.73 Å². The first-order valence-electron chi connectivity index (χ1n) is 6.28. The largest absolute Gasteiger partial charge is 0.377 e. The zero-order chi connectivity index (χ0) is 13.0. The lowest BCUT2D eigenvalue weighted by Gasteiger charge is -2.14. The third-order valence-corrected chi connectivity index (χ3v) is 3.07. The first-order chi connectivity index (χ1) is 7.91. The van der Waals surface area contributed by atoms with E-state index < -0.39 is 0 Å². The Morgan fingerprint density at radius 2 is 2.00 bits per heavy atom. The van der Waals surface area contributed by atoms with Crippen LogP contribution in [0.15, 0.2) is 0 Å². The maximum atomic E-state index is 6.02. The summed E-state index contributed by atoms with van der Waals surface area (Å²) >= 11 is 0. The zero-order valence-corrected chi connectivity index (χ0v) is 11.7. The van der Waals surface area contributed by atoms with Crippen LogP contribution in [0.2, 0.25) is 0 Å². The average molecular weight is 239 g/mol. The molecule has 0 spiro atoms. The van der Waals surface area contributed by atoms with Crippen LogP contribution >= 0.6 is 0 Å². The highest BCUT2D eigenvalue weighted by molar-refractivity contribution is 5.24. The van der Waals surface area contributed by atoms with E-state index in [1.807, 2.05) is 25.6 Å². The van der Waals surface area contributed by atoms with Gasteiger partial charge in [-0.3, -0.25) is 4.68 Å². The number of nitrogens with zero attached hydrogens (tertiary/aromatic N) is 2. The molecule has 1 rings (SSSR count). The molecule has 4 nitrogen and oxygen atoms in total. The van der Waals surface area contributed by atoms with E-state index >= 15 is 0 Å². The zero-order valence-electron chi connectivity index (χ0n) is 11.7. The number of aryl methyl sites for hydroxylation is 2. The second-order valence-electron chi connectivity index (χ2n) is 4.95. The molecule has 2 N–H and O–H groups in total. The van der Waals surface area contributed by atoms with E-state index in [4.69, 9.17) is 10.5 Å². The van der Waals surface area contributed by atoms with Gasteiger partial charge in [0.05, 0.1) is 18.4 Å². The Labute approximate surface area is 104 Å². The highest BCUT2D eigenvalue weighted by Crippen LogP contribution is 2.14. The van der Waals surface area contributed by atoms with Gasteiger partial charge in [0, 0.05) is 18.8 Å². The Bertz CT molecular complexity index is 358. The molecule has 0 fully saturated rings. The van der Waals surface area contributed by atoms with Gasteiger partial charge in [-0.25, -0.2) is 0 Å². The number of hydrogen-bond acceptors (Lipinski definition) is 3. The summed E-state index contributed by atoms with van der Waals surface area (Å²) in [6.07, 6.45) is 2.18. The van der Waals surface area contributed by atoms with Crippen molar-refractivity contribution in [3.05, 3.63) is 17.0 Å². The molecular weight excluding hydrogens is 214 g/mol. The van der Waals surface area contributed by atoms with Crippen molar-refractivity contribution in [2.75, 3.05) is 6.61 Å². The molecule has 0 aliphatic rings. The van der Waals surface area contributed by atoms with Gasteiger partial charge in [0.1, 0.15) is 0 Å². The average Bonchev–Trinajstić information content (AvgIpc) is 2.48. The number of hydrogen-bond donors (Lipinski definition) is 1. The summed E-state index contributed by atoms with van der Waals surface area (Å²) < 4.78 is 7.44. The quantitative estimate of drug-likeness (QED) is 0.822. The van der Waals surface area contributed by atoms with Crippen molar-refractivity contribution in [3.8, 4) is 0 Å². The predicted molar refractivity (Wildman–Crippen MR) is 70.1 cm³/mol. The molecule has 0 aliphatic carbocycles. The van der Waals surface area contributed by atoms with Gasteiger partial charge in [-0.2, -0.15) is 5.10 Å². The van der Waals surface area contributed by atoms with E-state index in [1.165, 1.54) is 11.3 Å². The normalized spacial score (nSPS) is 13.4. The lowest BCUT2D eigenvalue weighted by Crippen LogP contribution is -2.28. The van der Waals surface area contributed by atoms with Gasteiger partial charge in [0.15, 0.2) is 0 Å². The Morgan fingerprint density at radius 1 is 1.35 bits per heavy atom. The molecule has 98 valence electrons. The van der Waals surface area contributed by atoms with Gasteiger partial charge < -0.3 is 10.5 Å². The minimum atomic E-state index is 0.108. The van der Waals surface area contributed by atoms with Crippen LogP contribution in [-0.2, 0) is 18.2 Å². The summed E-state index contributed by atoms with van der Waals surface area (Å²) in [5.41, 5.74) is 9.70. The molecule has 0 saturated heterocycles. The summed E-state index contributed by atoms with van der Waals surface area (Å²) in [7, 11) is 1.98. The Balaban J connectivity index is 2.44. The Kier molecular flexibility index (Phi) is 5.15. The fourth-order valence-electron chi connectivity index (χ4n) is 1.91. The molecule has 0 saturated carbocycles. The van der Waals surface area contributed by atoms with E-state index in [9.17, 15) is 0 Å². The highest BCUT2D eigenvalue weighted by atomic mass is 16.5. The van der Waals surface area contributed by atoms with Crippen molar-refractivity contribution >= 4 is 0 Å². The van der Waals surface area contributed by atoms with E-state index in [-0.39, 0.29) is 12.1 Å². The minimum absolute atomic E-state index is 0.108. The third kappa shape index (κ3) is 4.13. The van der Waals surface area contributed by atoms with Gasteiger partial charge in [-0.05, 0) is 46.1 Å². The van der Waals surface area contributed by atoms with Crippen molar-refractivity contribution < 1.29 is 4.74 Å². The van der Waals surface area contributed by atoms with Crippen LogP contribution in [0.5, 0.6) is 0 Å².